The van der Waals surface area contributed by atoms with Gasteiger partial charge in [0.05, 0.1) is 0 Å². The molecule has 2 N–H and O–H groups in total. The third-order valence-electron chi connectivity index (χ3n) is 3.56. The van der Waals surface area contributed by atoms with Crippen molar-refractivity contribution in [3.05, 3.63) is 70.8 Å². The molecular weight excluding hydrogens is 276 g/mol. The minimum atomic E-state index is 0.368. The lowest BCUT2D eigenvalue weighted by atomic mass is 9.99. The van der Waals surface area contributed by atoms with Crippen LogP contribution in [0.5, 0.6) is 0 Å². The van der Waals surface area contributed by atoms with Gasteiger partial charge in [0.25, 0.3) is 0 Å². The summed E-state index contributed by atoms with van der Waals surface area (Å²) in [5.41, 5.74) is 5.08. The van der Waals surface area contributed by atoms with Crippen molar-refractivity contribution in [2.24, 2.45) is 10.3 Å². The van der Waals surface area contributed by atoms with E-state index in [1.807, 2.05) is 62.4 Å². The summed E-state index contributed by atoms with van der Waals surface area (Å²) in [6.07, 6.45) is 0.837. The highest BCUT2D eigenvalue weighted by atomic mass is 16.4. The first-order valence-electron chi connectivity index (χ1n) is 7.15. The minimum Gasteiger partial charge on any atom is -0.411 e. The van der Waals surface area contributed by atoms with E-state index in [4.69, 9.17) is 0 Å². The van der Waals surface area contributed by atoms with E-state index in [0.29, 0.717) is 24.3 Å². The monoisotopic (exact) mass is 296 g/mol. The van der Waals surface area contributed by atoms with Crippen molar-refractivity contribution < 1.29 is 10.4 Å². The summed E-state index contributed by atoms with van der Waals surface area (Å²) >= 11 is 0. The van der Waals surface area contributed by atoms with Crippen molar-refractivity contribution >= 4 is 11.4 Å². The summed E-state index contributed by atoms with van der Waals surface area (Å²) in [6.45, 7) is 4.03. The maximum absolute atomic E-state index is 9.26. The fraction of sp³-hybridized carbons (Fsp3) is 0.222. The van der Waals surface area contributed by atoms with Gasteiger partial charge in [0.15, 0.2) is 0 Å². The Kier molecular flexibility index (Phi) is 5.31. The second-order valence-electron chi connectivity index (χ2n) is 5.42. The molecule has 0 amide bonds. The molecule has 0 atom stereocenters. The lowest BCUT2D eigenvalue weighted by Gasteiger charge is -2.08. The largest absolute Gasteiger partial charge is 0.411 e. The van der Waals surface area contributed by atoms with Gasteiger partial charge in [-0.2, -0.15) is 0 Å². The van der Waals surface area contributed by atoms with Gasteiger partial charge in [-0.25, -0.2) is 0 Å². The standard InChI is InChI=1S/C18H20N2O2/c1-13-3-7-15(8-4-13)11-17(19-21)18(20-22)12-16-9-5-14(2)6-10-16/h3-10,21-22H,11-12H2,1-2H3/b19-17+,20-18+. The molecule has 0 unspecified atom stereocenters. The van der Waals surface area contributed by atoms with Crippen LogP contribution in [-0.2, 0) is 12.8 Å². The van der Waals surface area contributed by atoms with Gasteiger partial charge in [0.2, 0.25) is 0 Å². The van der Waals surface area contributed by atoms with Crippen molar-refractivity contribution in [2.75, 3.05) is 0 Å². The second kappa shape index (κ2) is 7.41. The van der Waals surface area contributed by atoms with E-state index >= 15 is 0 Å². The molecule has 2 aromatic carbocycles. The SMILES string of the molecule is Cc1ccc(CC(=N\O)/C(Cc2ccc(C)cc2)=N/O)cc1. The van der Waals surface area contributed by atoms with Gasteiger partial charge in [-0.15, -0.1) is 0 Å². The third-order valence-corrected chi connectivity index (χ3v) is 3.56. The van der Waals surface area contributed by atoms with Crippen molar-refractivity contribution in [2.45, 2.75) is 26.7 Å². The van der Waals surface area contributed by atoms with Crippen molar-refractivity contribution in [3.63, 3.8) is 0 Å². The van der Waals surface area contributed by atoms with Crippen LogP contribution >= 0.6 is 0 Å². The molecule has 22 heavy (non-hydrogen) atoms. The van der Waals surface area contributed by atoms with Crippen LogP contribution in [-0.4, -0.2) is 21.8 Å². The smallest absolute Gasteiger partial charge is 0.109 e. The molecule has 0 aliphatic heterocycles. The number of benzene rings is 2. The molecule has 2 rings (SSSR count). The number of rotatable bonds is 5. The summed E-state index contributed by atoms with van der Waals surface area (Å²) in [7, 11) is 0. The van der Waals surface area contributed by atoms with Gasteiger partial charge in [0, 0.05) is 12.8 Å². The highest BCUT2D eigenvalue weighted by Crippen LogP contribution is 2.09. The fourth-order valence-corrected chi connectivity index (χ4v) is 2.19. The van der Waals surface area contributed by atoms with Crippen molar-refractivity contribution in [3.8, 4) is 0 Å². The van der Waals surface area contributed by atoms with Gasteiger partial charge in [-0.3, -0.25) is 0 Å². The maximum atomic E-state index is 9.26. The van der Waals surface area contributed by atoms with Crippen LogP contribution in [0.15, 0.2) is 58.8 Å². The number of nitrogens with zero attached hydrogens (tertiary/aromatic N) is 2. The Morgan fingerprint density at radius 1 is 0.682 bits per heavy atom. The summed E-state index contributed by atoms with van der Waals surface area (Å²) in [6, 6.07) is 15.9. The van der Waals surface area contributed by atoms with Gasteiger partial charge >= 0.3 is 0 Å². The van der Waals surface area contributed by atoms with E-state index < -0.39 is 0 Å². The van der Waals surface area contributed by atoms with Crippen LogP contribution in [0.3, 0.4) is 0 Å². The van der Waals surface area contributed by atoms with Gasteiger partial charge in [0.1, 0.15) is 11.4 Å². The Labute approximate surface area is 130 Å². The molecule has 0 aliphatic rings. The minimum absolute atomic E-state index is 0.368. The van der Waals surface area contributed by atoms with Gasteiger partial charge in [-0.05, 0) is 25.0 Å². The van der Waals surface area contributed by atoms with Crippen LogP contribution < -0.4 is 0 Å². The highest BCUT2D eigenvalue weighted by molar-refractivity contribution is 6.42. The highest BCUT2D eigenvalue weighted by Gasteiger charge is 2.13. The number of oxime groups is 2. The number of aryl methyl sites for hydroxylation is 2. The zero-order valence-electron chi connectivity index (χ0n) is 12.8. The van der Waals surface area contributed by atoms with Crippen molar-refractivity contribution in [1.82, 2.24) is 0 Å². The Balaban J connectivity index is 2.13. The first-order valence-corrected chi connectivity index (χ1v) is 7.15. The molecule has 0 aromatic heterocycles. The fourth-order valence-electron chi connectivity index (χ4n) is 2.19. The molecule has 0 aliphatic carbocycles. The van der Waals surface area contributed by atoms with E-state index in [9.17, 15) is 10.4 Å². The van der Waals surface area contributed by atoms with E-state index in [1.165, 1.54) is 11.1 Å². The molecule has 0 radical (unpaired) electrons. The number of hydrogen-bond donors (Lipinski definition) is 2. The lowest BCUT2D eigenvalue weighted by molar-refractivity contribution is 0.313. The summed E-state index contributed by atoms with van der Waals surface area (Å²) in [5.74, 6) is 0. The Morgan fingerprint density at radius 2 is 1.00 bits per heavy atom. The Bertz CT molecular complexity index is 610. The van der Waals surface area contributed by atoms with Crippen molar-refractivity contribution in [1.29, 1.82) is 0 Å². The topological polar surface area (TPSA) is 65.2 Å². The molecular formula is C18H20N2O2. The molecule has 0 spiro atoms. The van der Waals surface area contributed by atoms with Crippen LogP contribution in [0.1, 0.15) is 22.3 Å². The Morgan fingerprint density at radius 3 is 1.27 bits per heavy atom. The maximum Gasteiger partial charge on any atom is 0.109 e. The third kappa shape index (κ3) is 4.19. The Hall–Kier alpha value is -2.62. The van der Waals surface area contributed by atoms with E-state index in [0.717, 1.165) is 11.1 Å². The molecule has 0 fully saturated rings. The molecule has 0 heterocycles. The average Bonchev–Trinajstić information content (AvgIpc) is 2.54. The van der Waals surface area contributed by atoms with E-state index in [-0.39, 0.29) is 0 Å². The van der Waals surface area contributed by atoms with Gasteiger partial charge in [-0.1, -0.05) is 70.0 Å². The summed E-state index contributed by atoms with van der Waals surface area (Å²) in [5, 5.41) is 25.2. The molecule has 4 nitrogen and oxygen atoms in total. The normalized spacial score (nSPS) is 12.5. The number of hydrogen-bond acceptors (Lipinski definition) is 4. The van der Waals surface area contributed by atoms with Crippen LogP contribution in [0.4, 0.5) is 0 Å². The molecule has 0 saturated carbocycles. The van der Waals surface area contributed by atoms with Gasteiger partial charge < -0.3 is 10.4 Å². The lowest BCUT2D eigenvalue weighted by Crippen LogP contribution is -2.20. The predicted octanol–water partition coefficient (Wildman–Crippen LogP) is 3.75. The molecule has 4 heteroatoms. The van der Waals surface area contributed by atoms with E-state index in [1.54, 1.807) is 0 Å². The van der Waals surface area contributed by atoms with Crippen LogP contribution in [0.2, 0.25) is 0 Å². The molecule has 2 aromatic rings. The first-order chi connectivity index (χ1) is 10.6. The summed E-state index contributed by atoms with van der Waals surface area (Å²) in [4.78, 5) is 0. The zero-order valence-corrected chi connectivity index (χ0v) is 12.8. The summed E-state index contributed by atoms with van der Waals surface area (Å²) < 4.78 is 0. The first kappa shape index (κ1) is 15.8. The average molecular weight is 296 g/mol. The predicted molar refractivity (Wildman–Crippen MR) is 88.2 cm³/mol. The molecule has 0 bridgehead atoms. The van der Waals surface area contributed by atoms with Crippen LogP contribution in [0, 0.1) is 13.8 Å². The quantitative estimate of drug-likeness (QED) is 0.501. The zero-order chi connectivity index (χ0) is 15.9. The second-order valence-corrected chi connectivity index (χ2v) is 5.42. The van der Waals surface area contributed by atoms with E-state index in [2.05, 4.69) is 10.3 Å². The van der Waals surface area contributed by atoms with Crippen LogP contribution in [0.25, 0.3) is 0 Å². The molecule has 0 saturated heterocycles. The molecule has 114 valence electrons.